The normalized spacial score (nSPS) is 20.9. The van der Waals surface area contributed by atoms with Crippen molar-refractivity contribution in [1.29, 1.82) is 0 Å². The number of hydrogen-bond acceptors (Lipinski definition) is 5. The van der Waals surface area contributed by atoms with Gasteiger partial charge in [0.25, 0.3) is 0 Å². The molecule has 1 atom stereocenters. The average Bonchev–Trinajstić information content (AvgIpc) is 3.12. The second-order valence-electron chi connectivity index (χ2n) is 7.00. The Balaban J connectivity index is 0.000000298. The van der Waals surface area contributed by atoms with Gasteiger partial charge in [0, 0.05) is 0 Å². The van der Waals surface area contributed by atoms with Crippen LogP contribution in [0.4, 0.5) is 13.2 Å². The Morgan fingerprint density at radius 3 is 2.08 bits per heavy atom. The molecule has 3 N–H and O–H groups in total. The maximum Gasteiger partial charge on any atom is 0.490 e. The molecule has 26 heavy (non-hydrogen) atoms. The minimum atomic E-state index is -5.08. The minimum absolute atomic E-state index is 0.0252. The van der Waals surface area contributed by atoms with E-state index in [0.717, 1.165) is 5.82 Å². The van der Waals surface area contributed by atoms with E-state index in [9.17, 15) is 13.2 Å². The molecule has 2 saturated carbocycles. The fourth-order valence-corrected chi connectivity index (χ4v) is 3.71. The van der Waals surface area contributed by atoms with Gasteiger partial charge in [-0.05, 0) is 42.0 Å². The van der Waals surface area contributed by atoms with Crippen LogP contribution in [0.1, 0.15) is 82.1 Å². The molecule has 2 aliphatic carbocycles. The topological polar surface area (TPSA) is 107 Å². The van der Waals surface area contributed by atoms with E-state index >= 15 is 0 Å². The van der Waals surface area contributed by atoms with Crippen molar-refractivity contribution in [1.82, 2.24) is 20.2 Å². The van der Waals surface area contributed by atoms with Crippen molar-refractivity contribution >= 4 is 5.97 Å². The molecule has 0 radical (unpaired) electrons. The Morgan fingerprint density at radius 2 is 1.58 bits per heavy atom. The Labute approximate surface area is 150 Å². The largest absolute Gasteiger partial charge is 0.490 e. The smallest absolute Gasteiger partial charge is 0.475 e. The highest BCUT2D eigenvalue weighted by Crippen LogP contribution is 2.34. The lowest BCUT2D eigenvalue weighted by atomic mass is 9.84. The van der Waals surface area contributed by atoms with Gasteiger partial charge in [-0.1, -0.05) is 38.5 Å². The van der Waals surface area contributed by atoms with Crippen LogP contribution in [0.25, 0.3) is 0 Å². The van der Waals surface area contributed by atoms with Crippen molar-refractivity contribution in [2.75, 3.05) is 0 Å². The molecule has 1 aromatic rings. The van der Waals surface area contributed by atoms with Gasteiger partial charge in [-0.25, -0.2) is 9.48 Å². The quantitative estimate of drug-likeness (QED) is 0.836. The van der Waals surface area contributed by atoms with Gasteiger partial charge in [0.2, 0.25) is 0 Å². The van der Waals surface area contributed by atoms with Crippen LogP contribution >= 0.6 is 0 Å². The Hall–Kier alpha value is -1.71. The minimum Gasteiger partial charge on any atom is -0.475 e. The first-order valence-corrected chi connectivity index (χ1v) is 9.14. The van der Waals surface area contributed by atoms with Gasteiger partial charge in [0.05, 0.1) is 12.1 Å². The number of aliphatic carboxylic acids is 1. The molecule has 0 bridgehead atoms. The van der Waals surface area contributed by atoms with Crippen LogP contribution < -0.4 is 5.73 Å². The molecule has 2 fully saturated rings. The summed E-state index contributed by atoms with van der Waals surface area (Å²) < 4.78 is 33.8. The third-order valence-electron chi connectivity index (χ3n) is 5.14. The van der Waals surface area contributed by atoms with Crippen LogP contribution in [0.2, 0.25) is 0 Å². The molecular weight excluding hydrogens is 351 g/mol. The summed E-state index contributed by atoms with van der Waals surface area (Å²) in [6.07, 6.45) is 7.71. The summed E-state index contributed by atoms with van der Waals surface area (Å²) >= 11 is 0. The van der Waals surface area contributed by atoms with Gasteiger partial charge in [-0.15, -0.1) is 5.10 Å². The number of carboxylic acid groups (broad SMARTS) is 1. The van der Waals surface area contributed by atoms with Crippen molar-refractivity contribution in [2.24, 2.45) is 11.7 Å². The zero-order chi connectivity index (χ0) is 19.2. The van der Waals surface area contributed by atoms with Crippen LogP contribution in [0.5, 0.6) is 0 Å². The van der Waals surface area contributed by atoms with E-state index in [0.29, 0.717) is 12.0 Å². The molecule has 1 unspecified atom stereocenters. The highest BCUT2D eigenvalue weighted by molar-refractivity contribution is 5.73. The molecule has 3 rings (SSSR count). The summed E-state index contributed by atoms with van der Waals surface area (Å²) in [4.78, 5) is 8.90. The van der Waals surface area contributed by atoms with Gasteiger partial charge in [0.15, 0.2) is 5.82 Å². The van der Waals surface area contributed by atoms with E-state index in [-0.39, 0.29) is 6.04 Å². The number of carboxylic acids is 1. The molecule has 0 spiro atoms. The molecule has 1 heterocycles. The van der Waals surface area contributed by atoms with Crippen molar-refractivity contribution in [3.05, 3.63) is 5.82 Å². The summed E-state index contributed by atoms with van der Waals surface area (Å²) in [5.74, 6) is -1.26. The van der Waals surface area contributed by atoms with Gasteiger partial charge in [-0.3, -0.25) is 0 Å². The lowest BCUT2D eigenvalue weighted by Crippen LogP contribution is -2.28. The van der Waals surface area contributed by atoms with Crippen molar-refractivity contribution in [3.63, 3.8) is 0 Å². The van der Waals surface area contributed by atoms with E-state index < -0.39 is 12.1 Å². The van der Waals surface area contributed by atoms with Crippen molar-refractivity contribution < 1.29 is 23.1 Å². The zero-order valence-electron chi connectivity index (χ0n) is 14.7. The number of halogens is 3. The molecule has 0 amide bonds. The standard InChI is InChI=1S/C14H25N5.C2HF3O2/c15-13(11-7-3-1-4-8-11)14-16-17-18-19(14)12-9-5-2-6-10-12;3-2(4,5)1(6)7/h11-13H,1-10,15H2;(H,6,7). The molecule has 10 heteroatoms. The average molecular weight is 377 g/mol. The third kappa shape index (κ3) is 5.65. The second kappa shape index (κ2) is 9.29. The fraction of sp³-hybridized carbons (Fsp3) is 0.875. The monoisotopic (exact) mass is 377 g/mol. The number of hydrogen-bond donors (Lipinski definition) is 2. The van der Waals surface area contributed by atoms with Crippen LogP contribution in [-0.2, 0) is 4.79 Å². The summed E-state index contributed by atoms with van der Waals surface area (Å²) in [5.41, 5.74) is 6.46. The van der Waals surface area contributed by atoms with Crippen LogP contribution in [0.15, 0.2) is 0 Å². The lowest BCUT2D eigenvalue weighted by molar-refractivity contribution is -0.192. The van der Waals surface area contributed by atoms with Crippen molar-refractivity contribution in [3.8, 4) is 0 Å². The van der Waals surface area contributed by atoms with E-state index in [2.05, 4.69) is 15.5 Å². The number of aromatic nitrogens is 4. The Kier molecular flexibility index (Phi) is 7.36. The molecular formula is C16H26F3N5O2. The van der Waals surface area contributed by atoms with Gasteiger partial charge >= 0.3 is 12.1 Å². The molecule has 148 valence electrons. The van der Waals surface area contributed by atoms with E-state index in [1.807, 2.05) is 4.68 Å². The number of tetrazole rings is 1. The summed E-state index contributed by atoms with van der Waals surface area (Å²) in [7, 11) is 0. The highest BCUT2D eigenvalue weighted by atomic mass is 19.4. The number of carbonyl (C=O) groups is 1. The maximum atomic E-state index is 10.6. The number of nitrogens with zero attached hydrogens (tertiary/aromatic N) is 4. The second-order valence-corrected chi connectivity index (χ2v) is 7.00. The number of rotatable bonds is 3. The fourth-order valence-electron chi connectivity index (χ4n) is 3.71. The van der Waals surface area contributed by atoms with Crippen LogP contribution in [0, 0.1) is 5.92 Å². The molecule has 1 aromatic heterocycles. The van der Waals surface area contributed by atoms with Crippen LogP contribution in [-0.4, -0.2) is 37.5 Å². The molecule has 7 nitrogen and oxygen atoms in total. The first-order valence-electron chi connectivity index (χ1n) is 9.14. The molecule has 0 aliphatic heterocycles. The summed E-state index contributed by atoms with van der Waals surface area (Å²) in [5, 5.41) is 19.5. The van der Waals surface area contributed by atoms with E-state index in [1.54, 1.807) is 0 Å². The molecule has 0 saturated heterocycles. The first-order chi connectivity index (χ1) is 12.3. The van der Waals surface area contributed by atoms with Crippen molar-refractivity contribution in [2.45, 2.75) is 82.5 Å². The van der Waals surface area contributed by atoms with E-state index in [1.165, 1.54) is 64.2 Å². The van der Waals surface area contributed by atoms with Gasteiger partial charge in [0.1, 0.15) is 0 Å². The third-order valence-corrected chi connectivity index (χ3v) is 5.14. The predicted molar refractivity (Wildman–Crippen MR) is 87.1 cm³/mol. The Bertz CT molecular complexity index is 566. The first kappa shape index (κ1) is 20.6. The summed E-state index contributed by atoms with van der Waals surface area (Å²) in [6.45, 7) is 0. The predicted octanol–water partition coefficient (Wildman–Crippen LogP) is 3.39. The van der Waals surface area contributed by atoms with E-state index in [4.69, 9.17) is 15.6 Å². The highest BCUT2D eigenvalue weighted by Gasteiger charge is 2.38. The molecule has 0 aromatic carbocycles. The van der Waals surface area contributed by atoms with Gasteiger partial charge < -0.3 is 10.8 Å². The number of nitrogens with two attached hydrogens (primary N) is 1. The Morgan fingerprint density at radius 1 is 1.08 bits per heavy atom. The maximum absolute atomic E-state index is 10.6. The zero-order valence-corrected chi connectivity index (χ0v) is 14.7. The van der Waals surface area contributed by atoms with Crippen LogP contribution in [0.3, 0.4) is 0 Å². The summed E-state index contributed by atoms with van der Waals surface area (Å²) in [6, 6.07) is 0.505. The lowest BCUT2D eigenvalue weighted by Gasteiger charge is -2.29. The number of alkyl halides is 3. The SMILES string of the molecule is NC(c1nnnn1C1CCCCC1)C1CCCCC1.O=C(O)C(F)(F)F. The van der Waals surface area contributed by atoms with Gasteiger partial charge in [-0.2, -0.15) is 13.2 Å². The molecule has 2 aliphatic rings.